The summed E-state index contributed by atoms with van der Waals surface area (Å²) in [7, 11) is 0. The Hall–Kier alpha value is -0.810. The molecule has 1 amide bonds. The fourth-order valence-electron chi connectivity index (χ4n) is 2.70. The molecule has 0 aromatic heterocycles. The van der Waals surface area contributed by atoms with Gasteiger partial charge in [-0.25, -0.2) is 0 Å². The number of hydrogen-bond donors (Lipinski definition) is 1. The van der Waals surface area contributed by atoms with Crippen molar-refractivity contribution in [2.24, 2.45) is 5.73 Å². The Morgan fingerprint density at radius 3 is 2.68 bits per heavy atom. The van der Waals surface area contributed by atoms with Gasteiger partial charge in [-0.3, -0.25) is 4.79 Å². The van der Waals surface area contributed by atoms with E-state index >= 15 is 0 Å². The maximum absolute atomic E-state index is 12.6. The minimum atomic E-state index is -0.795. The Morgan fingerprint density at radius 2 is 2.09 bits per heavy atom. The third-order valence-electron chi connectivity index (χ3n) is 3.85. The molecule has 0 spiro atoms. The van der Waals surface area contributed by atoms with Crippen LogP contribution in [0.1, 0.15) is 38.4 Å². The zero-order chi connectivity index (χ0) is 15.5. The number of rotatable bonds is 4. The molecular weight excluding hydrogens is 323 g/mol. The van der Waals surface area contributed by atoms with Crippen LogP contribution in [0.3, 0.4) is 0 Å². The van der Waals surface area contributed by atoms with E-state index in [0.29, 0.717) is 31.1 Å². The smallest absolute Gasteiger partial charge is 0.242 e. The van der Waals surface area contributed by atoms with Gasteiger partial charge in [0, 0.05) is 11.6 Å². The number of halogens is 2. The van der Waals surface area contributed by atoms with E-state index in [4.69, 9.17) is 22.1 Å². The van der Waals surface area contributed by atoms with Gasteiger partial charge in [-0.1, -0.05) is 37.1 Å². The van der Waals surface area contributed by atoms with Gasteiger partial charge < -0.3 is 15.4 Å². The quantitative estimate of drug-likeness (QED) is 0.910. The molecule has 2 unspecified atom stereocenters. The van der Waals surface area contributed by atoms with E-state index < -0.39 is 5.54 Å². The first-order valence-electron chi connectivity index (χ1n) is 7.39. The molecule has 1 saturated heterocycles. The third-order valence-corrected chi connectivity index (χ3v) is 4.11. The summed E-state index contributed by atoms with van der Waals surface area (Å²) in [4.78, 5) is 14.4. The van der Waals surface area contributed by atoms with E-state index in [9.17, 15) is 4.79 Å². The van der Waals surface area contributed by atoms with Crippen molar-refractivity contribution in [1.82, 2.24) is 4.90 Å². The molecule has 0 aliphatic carbocycles. The highest BCUT2D eigenvalue weighted by atomic mass is 35.5. The van der Waals surface area contributed by atoms with Gasteiger partial charge in [0.1, 0.15) is 6.10 Å². The van der Waals surface area contributed by atoms with Crippen molar-refractivity contribution in [1.29, 1.82) is 0 Å². The van der Waals surface area contributed by atoms with Crippen LogP contribution in [0.15, 0.2) is 24.3 Å². The Morgan fingerprint density at radius 1 is 1.45 bits per heavy atom. The summed E-state index contributed by atoms with van der Waals surface area (Å²) in [5, 5.41) is 0.694. The normalized spacial score (nSPS) is 20.9. The number of morpholine rings is 1. The van der Waals surface area contributed by atoms with E-state index in [1.165, 1.54) is 0 Å². The summed E-state index contributed by atoms with van der Waals surface area (Å²) >= 11 is 5.90. The highest BCUT2D eigenvalue weighted by Gasteiger charge is 2.34. The van der Waals surface area contributed by atoms with Crippen LogP contribution in [0.5, 0.6) is 0 Å². The topological polar surface area (TPSA) is 55.6 Å². The number of carbonyl (C=O) groups excluding carboxylic acids is 1. The van der Waals surface area contributed by atoms with E-state index in [2.05, 4.69) is 0 Å². The lowest BCUT2D eigenvalue weighted by Crippen LogP contribution is -2.56. The maximum Gasteiger partial charge on any atom is 0.242 e. The van der Waals surface area contributed by atoms with Crippen LogP contribution in [0.4, 0.5) is 0 Å². The van der Waals surface area contributed by atoms with Crippen LogP contribution < -0.4 is 5.73 Å². The monoisotopic (exact) mass is 346 g/mol. The molecule has 1 aliphatic rings. The lowest BCUT2D eigenvalue weighted by atomic mass is 9.95. The Labute approximate surface area is 143 Å². The molecule has 1 heterocycles. The fraction of sp³-hybridized carbons (Fsp3) is 0.562. The number of carbonyl (C=O) groups is 1. The lowest BCUT2D eigenvalue weighted by molar-refractivity contribution is -0.144. The first-order valence-corrected chi connectivity index (χ1v) is 7.77. The molecule has 1 aromatic carbocycles. The molecule has 22 heavy (non-hydrogen) atoms. The molecule has 6 heteroatoms. The predicted molar refractivity (Wildman–Crippen MR) is 91.5 cm³/mol. The van der Waals surface area contributed by atoms with Gasteiger partial charge in [-0.05, 0) is 31.0 Å². The molecule has 2 N–H and O–H groups in total. The minimum absolute atomic E-state index is 0. The van der Waals surface area contributed by atoms with Crippen LogP contribution in [0.2, 0.25) is 5.02 Å². The van der Waals surface area contributed by atoms with Gasteiger partial charge in [0.05, 0.1) is 18.7 Å². The van der Waals surface area contributed by atoms with Crippen molar-refractivity contribution in [3.05, 3.63) is 34.9 Å². The van der Waals surface area contributed by atoms with Gasteiger partial charge in [-0.15, -0.1) is 12.4 Å². The largest absolute Gasteiger partial charge is 0.370 e. The van der Waals surface area contributed by atoms with E-state index in [1.807, 2.05) is 43.0 Å². The van der Waals surface area contributed by atoms with Crippen LogP contribution in [0, 0.1) is 0 Å². The Balaban J connectivity index is 0.00000242. The molecule has 0 saturated carbocycles. The number of nitrogens with zero attached hydrogens (tertiary/aromatic N) is 1. The standard InChI is InChI=1S/C16H23ClN2O2.ClH/c1-3-8-16(2,18)15(20)19-9-10-21-14(11-19)12-4-6-13(17)7-5-12;/h4-7,14H,3,8-11,18H2,1-2H3;1H. The molecule has 1 aromatic rings. The predicted octanol–water partition coefficient (Wildman–Crippen LogP) is 3.18. The molecule has 1 aliphatic heterocycles. The zero-order valence-electron chi connectivity index (χ0n) is 13.0. The van der Waals surface area contributed by atoms with Crippen molar-refractivity contribution in [2.45, 2.75) is 38.3 Å². The molecule has 124 valence electrons. The number of hydrogen-bond acceptors (Lipinski definition) is 3. The van der Waals surface area contributed by atoms with Gasteiger partial charge in [-0.2, -0.15) is 0 Å². The fourth-order valence-corrected chi connectivity index (χ4v) is 2.83. The summed E-state index contributed by atoms with van der Waals surface area (Å²) in [5.41, 5.74) is 6.39. The molecular formula is C16H24Cl2N2O2. The maximum atomic E-state index is 12.6. The molecule has 0 bridgehead atoms. The first-order chi connectivity index (χ1) is 9.94. The van der Waals surface area contributed by atoms with Gasteiger partial charge in [0.15, 0.2) is 0 Å². The number of ether oxygens (including phenoxy) is 1. The van der Waals surface area contributed by atoms with Gasteiger partial charge in [0.2, 0.25) is 5.91 Å². The second-order valence-corrected chi connectivity index (χ2v) is 6.27. The van der Waals surface area contributed by atoms with Crippen molar-refractivity contribution < 1.29 is 9.53 Å². The lowest BCUT2D eigenvalue weighted by Gasteiger charge is -2.37. The average Bonchev–Trinajstić information content (AvgIpc) is 2.47. The van der Waals surface area contributed by atoms with E-state index in [-0.39, 0.29) is 24.4 Å². The summed E-state index contributed by atoms with van der Waals surface area (Å²) in [6.45, 7) is 5.51. The van der Waals surface area contributed by atoms with Crippen molar-refractivity contribution in [3.63, 3.8) is 0 Å². The van der Waals surface area contributed by atoms with Crippen LogP contribution in [-0.4, -0.2) is 36.0 Å². The van der Waals surface area contributed by atoms with E-state index in [1.54, 1.807) is 0 Å². The molecule has 0 radical (unpaired) electrons. The molecule has 2 atom stereocenters. The highest BCUT2D eigenvalue weighted by Crippen LogP contribution is 2.25. The van der Waals surface area contributed by atoms with Gasteiger partial charge >= 0.3 is 0 Å². The Bertz CT molecular complexity index is 491. The van der Waals surface area contributed by atoms with Crippen molar-refractivity contribution >= 4 is 29.9 Å². The number of nitrogens with two attached hydrogens (primary N) is 1. The molecule has 2 rings (SSSR count). The SMILES string of the molecule is CCCC(C)(N)C(=O)N1CCOC(c2ccc(Cl)cc2)C1.Cl. The zero-order valence-corrected chi connectivity index (χ0v) is 14.6. The number of benzene rings is 1. The van der Waals surface area contributed by atoms with Crippen molar-refractivity contribution in [3.8, 4) is 0 Å². The molecule has 4 nitrogen and oxygen atoms in total. The minimum Gasteiger partial charge on any atom is -0.370 e. The Kier molecular flexibility index (Phi) is 7.13. The first kappa shape index (κ1) is 19.2. The summed E-state index contributed by atoms with van der Waals surface area (Å²) in [6, 6.07) is 7.56. The third kappa shape index (κ3) is 4.59. The average molecular weight is 347 g/mol. The summed E-state index contributed by atoms with van der Waals surface area (Å²) in [5.74, 6) is 0.00612. The summed E-state index contributed by atoms with van der Waals surface area (Å²) in [6.07, 6.45) is 1.47. The van der Waals surface area contributed by atoms with Crippen LogP contribution in [-0.2, 0) is 9.53 Å². The van der Waals surface area contributed by atoms with Gasteiger partial charge in [0.25, 0.3) is 0 Å². The van der Waals surface area contributed by atoms with E-state index in [0.717, 1.165) is 12.0 Å². The van der Waals surface area contributed by atoms with Crippen LogP contribution in [0.25, 0.3) is 0 Å². The van der Waals surface area contributed by atoms with Crippen LogP contribution >= 0.6 is 24.0 Å². The van der Waals surface area contributed by atoms with Crippen molar-refractivity contribution in [2.75, 3.05) is 19.7 Å². The highest BCUT2D eigenvalue weighted by molar-refractivity contribution is 6.30. The molecule has 1 fully saturated rings. The second-order valence-electron chi connectivity index (χ2n) is 5.83. The number of amides is 1. The second kappa shape index (κ2) is 8.16. The summed E-state index contributed by atoms with van der Waals surface area (Å²) < 4.78 is 5.78.